The molecule has 1 N–H and O–H groups in total. The molecule has 2 aliphatic rings. The van der Waals surface area contributed by atoms with Gasteiger partial charge >= 0.3 is 0 Å². The third kappa shape index (κ3) is 5.40. The Kier molecular flexibility index (Phi) is 7.30. The van der Waals surface area contributed by atoms with E-state index in [1.54, 1.807) is 24.4 Å². The number of benzene rings is 2. The van der Waals surface area contributed by atoms with Crippen LogP contribution in [0.3, 0.4) is 0 Å². The Labute approximate surface area is 217 Å². The molecule has 37 heavy (non-hydrogen) atoms. The van der Waals surface area contributed by atoms with Gasteiger partial charge in [0.1, 0.15) is 5.69 Å². The Hall–Kier alpha value is -4.00. The molecule has 3 aromatic rings. The summed E-state index contributed by atoms with van der Waals surface area (Å²) in [6.07, 6.45) is 4.29. The Morgan fingerprint density at radius 1 is 1.00 bits per heavy atom. The monoisotopic (exact) mass is 496 g/mol. The third-order valence-corrected chi connectivity index (χ3v) is 7.69. The first kappa shape index (κ1) is 24.7. The quantitative estimate of drug-likeness (QED) is 0.538. The van der Waals surface area contributed by atoms with E-state index in [0.29, 0.717) is 24.3 Å². The van der Waals surface area contributed by atoms with Gasteiger partial charge in [-0.05, 0) is 54.5 Å². The van der Waals surface area contributed by atoms with Gasteiger partial charge in [-0.2, -0.15) is 0 Å². The van der Waals surface area contributed by atoms with Crippen molar-refractivity contribution in [3.05, 3.63) is 101 Å². The van der Waals surface area contributed by atoms with Crippen LogP contribution in [0.15, 0.2) is 79.0 Å². The van der Waals surface area contributed by atoms with Gasteiger partial charge in [-0.25, -0.2) is 0 Å². The molecule has 3 heterocycles. The Morgan fingerprint density at radius 3 is 2.43 bits per heavy atom. The first-order valence-electron chi connectivity index (χ1n) is 12.9. The van der Waals surface area contributed by atoms with E-state index in [2.05, 4.69) is 22.4 Å². The van der Waals surface area contributed by atoms with Crippen LogP contribution in [0.25, 0.3) is 0 Å². The standard InChI is InChI=1S/C30H32N4O3/c1-33(30(37)25-13-7-8-16-31-25)27(19-21-9-3-2-4-10-21)22-14-17-34(18-15-22)28(35)20-26-23-11-5-6-12-24(23)29(36)32-26/h2-13,16,22,26-27H,14-15,17-20H2,1H3,(H,32,36)/t26-,27-/m1/s1. The molecule has 0 unspecified atom stereocenters. The molecule has 3 amide bonds. The summed E-state index contributed by atoms with van der Waals surface area (Å²) in [7, 11) is 1.86. The maximum Gasteiger partial charge on any atom is 0.272 e. The number of amides is 3. The second-order valence-corrected chi connectivity index (χ2v) is 9.92. The normalized spacial score (nSPS) is 18.1. The highest BCUT2D eigenvalue weighted by Gasteiger charge is 2.35. The Bertz CT molecular complexity index is 1260. The van der Waals surface area contributed by atoms with Crippen molar-refractivity contribution in [3.8, 4) is 0 Å². The van der Waals surface area contributed by atoms with Gasteiger partial charge in [0.2, 0.25) is 5.91 Å². The highest BCUT2D eigenvalue weighted by atomic mass is 16.2. The molecule has 1 fully saturated rings. The summed E-state index contributed by atoms with van der Waals surface area (Å²) in [4.78, 5) is 46.7. The number of nitrogens with zero attached hydrogens (tertiary/aromatic N) is 3. The van der Waals surface area contributed by atoms with E-state index >= 15 is 0 Å². The number of carbonyl (C=O) groups is 3. The number of carbonyl (C=O) groups excluding carboxylic acids is 3. The van der Waals surface area contributed by atoms with Gasteiger partial charge in [-0.15, -0.1) is 0 Å². The van der Waals surface area contributed by atoms with Crippen LogP contribution >= 0.6 is 0 Å². The molecule has 7 heteroatoms. The predicted molar refractivity (Wildman–Crippen MR) is 141 cm³/mol. The maximum atomic E-state index is 13.3. The van der Waals surface area contributed by atoms with Gasteiger partial charge in [0.25, 0.3) is 11.8 Å². The summed E-state index contributed by atoms with van der Waals surface area (Å²) in [5.41, 5.74) is 3.17. The lowest BCUT2D eigenvalue weighted by Crippen LogP contribution is -2.48. The van der Waals surface area contributed by atoms with Crippen LogP contribution in [0.5, 0.6) is 0 Å². The van der Waals surface area contributed by atoms with Crippen molar-refractivity contribution in [2.75, 3.05) is 20.1 Å². The van der Waals surface area contributed by atoms with E-state index in [4.69, 9.17) is 0 Å². The summed E-state index contributed by atoms with van der Waals surface area (Å²) in [5, 5.41) is 2.95. The average molecular weight is 497 g/mol. The number of hydrogen-bond acceptors (Lipinski definition) is 4. The fourth-order valence-electron chi connectivity index (χ4n) is 5.62. The topological polar surface area (TPSA) is 82.6 Å². The zero-order valence-corrected chi connectivity index (χ0v) is 21.0. The van der Waals surface area contributed by atoms with Gasteiger partial charge in [-0.1, -0.05) is 54.6 Å². The number of nitrogens with one attached hydrogen (secondary N) is 1. The predicted octanol–water partition coefficient (Wildman–Crippen LogP) is 3.88. The van der Waals surface area contributed by atoms with Crippen LogP contribution in [-0.2, 0) is 11.2 Å². The maximum absolute atomic E-state index is 13.3. The number of likely N-dealkylation sites (N-methyl/N-ethyl adjacent to an activating group) is 1. The number of fused-ring (bicyclic) bond motifs is 1. The first-order chi connectivity index (χ1) is 18.0. The van der Waals surface area contributed by atoms with Crippen LogP contribution in [0.1, 0.15) is 57.3 Å². The number of likely N-dealkylation sites (tertiary alicyclic amines) is 1. The first-order valence-corrected chi connectivity index (χ1v) is 12.9. The van der Waals surface area contributed by atoms with Crippen molar-refractivity contribution in [1.29, 1.82) is 0 Å². The van der Waals surface area contributed by atoms with Gasteiger partial charge in [0, 0.05) is 37.9 Å². The minimum atomic E-state index is -0.276. The molecular weight excluding hydrogens is 464 g/mol. The van der Waals surface area contributed by atoms with Crippen molar-refractivity contribution < 1.29 is 14.4 Å². The highest BCUT2D eigenvalue weighted by Crippen LogP contribution is 2.31. The second-order valence-electron chi connectivity index (χ2n) is 9.92. The molecule has 1 saturated heterocycles. The average Bonchev–Trinajstić information content (AvgIpc) is 3.27. The van der Waals surface area contributed by atoms with Crippen molar-refractivity contribution >= 4 is 17.7 Å². The van der Waals surface area contributed by atoms with Gasteiger partial charge in [-0.3, -0.25) is 19.4 Å². The Morgan fingerprint density at radius 2 is 1.70 bits per heavy atom. The van der Waals surface area contributed by atoms with Gasteiger partial charge in [0.05, 0.1) is 12.5 Å². The molecule has 0 aliphatic carbocycles. The number of aromatic nitrogens is 1. The molecule has 0 radical (unpaired) electrons. The second kappa shape index (κ2) is 10.9. The minimum absolute atomic E-state index is 0.00449. The molecule has 0 saturated carbocycles. The molecule has 190 valence electrons. The number of rotatable bonds is 7. The van der Waals surface area contributed by atoms with Gasteiger partial charge in [0.15, 0.2) is 0 Å². The van der Waals surface area contributed by atoms with Crippen LogP contribution in [0.2, 0.25) is 0 Å². The molecule has 0 spiro atoms. The lowest BCUT2D eigenvalue weighted by Gasteiger charge is -2.40. The fraction of sp³-hybridized carbons (Fsp3) is 0.333. The fourth-order valence-corrected chi connectivity index (χ4v) is 5.62. The largest absolute Gasteiger partial charge is 0.345 e. The van der Waals surface area contributed by atoms with E-state index in [1.807, 2.05) is 59.3 Å². The van der Waals surface area contributed by atoms with Crippen molar-refractivity contribution in [2.45, 2.75) is 37.8 Å². The summed E-state index contributed by atoms with van der Waals surface area (Å²) in [6.45, 7) is 1.28. The van der Waals surface area contributed by atoms with Gasteiger partial charge < -0.3 is 15.1 Å². The van der Waals surface area contributed by atoms with Crippen molar-refractivity contribution in [3.63, 3.8) is 0 Å². The summed E-state index contributed by atoms with van der Waals surface area (Å²) >= 11 is 0. The molecule has 2 aliphatic heterocycles. The SMILES string of the molecule is CN(C(=O)c1ccccn1)[C@H](Cc1ccccc1)C1CCN(C(=O)C[C@H]2NC(=O)c3ccccc32)CC1. The van der Waals surface area contributed by atoms with Crippen molar-refractivity contribution in [1.82, 2.24) is 20.1 Å². The van der Waals surface area contributed by atoms with E-state index in [9.17, 15) is 14.4 Å². The zero-order valence-electron chi connectivity index (χ0n) is 21.0. The lowest BCUT2D eigenvalue weighted by atomic mass is 9.84. The Balaban J connectivity index is 1.25. The minimum Gasteiger partial charge on any atom is -0.345 e. The molecule has 5 rings (SSSR count). The highest BCUT2D eigenvalue weighted by molar-refractivity contribution is 5.99. The lowest BCUT2D eigenvalue weighted by molar-refractivity contribution is -0.133. The molecule has 1 aromatic heterocycles. The van der Waals surface area contributed by atoms with Crippen LogP contribution in [-0.4, -0.2) is 58.7 Å². The number of pyridine rings is 1. The summed E-state index contributed by atoms with van der Waals surface area (Å²) in [6, 6.07) is 22.8. The third-order valence-electron chi connectivity index (χ3n) is 7.69. The molecule has 2 aromatic carbocycles. The van der Waals surface area contributed by atoms with Crippen molar-refractivity contribution in [2.24, 2.45) is 5.92 Å². The van der Waals surface area contributed by atoms with E-state index in [0.717, 1.165) is 24.8 Å². The van der Waals surface area contributed by atoms with E-state index < -0.39 is 0 Å². The summed E-state index contributed by atoms with van der Waals surface area (Å²) < 4.78 is 0. The molecular formula is C30H32N4O3. The van der Waals surface area contributed by atoms with E-state index in [-0.39, 0.29) is 42.1 Å². The van der Waals surface area contributed by atoms with Crippen LogP contribution < -0.4 is 5.32 Å². The smallest absolute Gasteiger partial charge is 0.272 e. The number of piperidine rings is 1. The van der Waals surface area contributed by atoms with Crippen LogP contribution in [0.4, 0.5) is 0 Å². The molecule has 7 nitrogen and oxygen atoms in total. The van der Waals surface area contributed by atoms with E-state index in [1.165, 1.54) is 5.56 Å². The van der Waals surface area contributed by atoms with Crippen LogP contribution in [0, 0.1) is 5.92 Å². The molecule has 2 atom stereocenters. The molecule has 0 bridgehead atoms. The summed E-state index contributed by atoms with van der Waals surface area (Å²) in [5.74, 6) is 0.110. The zero-order chi connectivity index (χ0) is 25.8. The number of hydrogen-bond donors (Lipinski definition) is 1.